The molecular formula is C26H28N2O2. The molecule has 3 atom stereocenters. The number of allylic oxidation sites excluding steroid dienone is 2. The van der Waals surface area contributed by atoms with Crippen LogP contribution < -0.4 is 5.32 Å². The number of benzene rings is 2. The summed E-state index contributed by atoms with van der Waals surface area (Å²) in [5.74, 6) is 0.630. The maximum Gasteiger partial charge on any atom is 0.338 e. The Morgan fingerprint density at radius 3 is 2.60 bits per heavy atom. The average molecular weight is 401 g/mol. The highest BCUT2D eigenvalue weighted by Gasteiger charge is 2.31. The van der Waals surface area contributed by atoms with Crippen LogP contribution in [0.15, 0.2) is 66.7 Å². The van der Waals surface area contributed by atoms with E-state index in [1.165, 1.54) is 22.2 Å². The summed E-state index contributed by atoms with van der Waals surface area (Å²) < 4.78 is 5.70. The molecule has 0 fully saturated rings. The number of aromatic nitrogens is 1. The molecule has 1 aliphatic heterocycles. The van der Waals surface area contributed by atoms with Gasteiger partial charge in [0.05, 0.1) is 12.2 Å². The molecule has 0 saturated carbocycles. The summed E-state index contributed by atoms with van der Waals surface area (Å²) in [5, 5.41) is 5.09. The molecule has 4 heteroatoms. The smallest absolute Gasteiger partial charge is 0.338 e. The predicted octanol–water partition coefficient (Wildman–Crippen LogP) is 5.18. The maximum atomic E-state index is 12.4. The van der Waals surface area contributed by atoms with Gasteiger partial charge in [0.2, 0.25) is 0 Å². The van der Waals surface area contributed by atoms with Gasteiger partial charge in [-0.15, -0.1) is 0 Å². The lowest BCUT2D eigenvalue weighted by Crippen LogP contribution is -2.34. The van der Waals surface area contributed by atoms with Gasteiger partial charge in [-0.25, -0.2) is 4.79 Å². The largest absolute Gasteiger partial charge is 0.462 e. The Morgan fingerprint density at radius 1 is 0.967 bits per heavy atom. The minimum absolute atomic E-state index is 0.224. The third-order valence-electron chi connectivity index (χ3n) is 6.65. The summed E-state index contributed by atoms with van der Waals surface area (Å²) in [6.45, 7) is 1.49. The highest BCUT2D eigenvalue weighted by Crippen LogP contribution is 2.37. The molecule has 2 heterocycles. The van der Waals surface area contributed by atoms with Crippen molar-refractivity contribution in [3.63, 3.8) is 0 Å². The lowest BCUT2D eigenvalue weighted by Gasteiger charge is -2.33. The number of fused-ring (bicyclic) bond motifs is 3. The standard InChI is InChI=1S/C26H28N2O2/c29-26(18-8-2-1-3-9-18)30-17-20-11-5-4-10-19(20)16-24-25-22(14-15-27-24)21-12-6-7-13-23(21)28-25/h1-9,12-13,19-20,24,27-28H,10-11,14-17H2/t19-,20+,24+/m0/s1. The van der Waals surface area contributed by atoms with Crippen LogP contribution in [0, 0.1) is 11.8 Å². The number of ether oxygens (including phenoxy) is 1. The summed E-state index contributed by atoms with van der Waals surface area (Å²) in [6, 6.07) is 18.2. The number of carbonyl (C=O) groups is 1. The molecule has 1 aliphatic carbocycles. The molecule has 3 aromatic rings. The van der Waals surface area contributed by atoms with Gasteiger partial charge < -0.3 is 15.0 Å². The quantitative estimate of drug-likeness (QED) is 0.458. The SMILES string of the molecule is O=C(OC[C@H]1CC=CC[C@H]1C[C@H]1NCCc2c1[nH]c1ccccc21)c1ccccc1. The van der Waals surface area contributed by atoms with Crippen molar-refractivity contribution in [2.45, 2.75) is 31.7 Å². The molecule has 30 heavy (non-hydrogen) atoms. The Balaban J connectivity index is 1.29. The summed E-state index contributed by atoms with van der Waals surface area (Å²) in [5.41, 5.74) is 4.66. The zero-order valence-electron chi connectivity index (χ0n) is 17.1. The summed E-state index contributed by atoms with van der Waals surface area (Å²) in [4.78, 5) is 16.1. The molecule has 4 nitrogen and oxygen atoms in total. The molecule has 5 rings (SSSR count). The predicted molar refractivity (Wildman–Crippen MR) is 119 cm³/mol. The second-order valence-electron chi connectivity index (χ2n) is 8.48. The van der Waals surface area contributed by atoms with Crippen LogP contribution in [-0.2, 0) is 11.2 Å². The highest BCUT2D eigenvalue weighted by molar-refractivity contribution is 5.89. The van der Waals surface area contributed by atoms with Gasteiger partial charge in [0, 0.05) is 22.6 Å². The van der Waals surface area contributed by atoms with E-state index in [1.54, 1.807) is 0 Å². The van der Waals surface area contributed by atoms with Gasteiger partial charge in [0.15, 0.2) is 0 Å². The van der Waals surface area contributed by atoms with Crippen molar-refractivity contribution < 1.29 is 9.53 Å². The number of hydrogen-bond acceptors (Lipinski definition) is 3. The first-order chi connectivity index (χ1) is 14.8. The maximum absolute atomic E-state index is 12.4. The van der Waals surface area contributed by atoms with Crippen molar-refractivity contribution in [2.75, 3.05) is 13.2 Å². The van der Waals surface area contributed by atoms with E-state index < -0.39 is 0 Å². The van der Waals surface area contributed by atoms with Crippen molar-refractivity contribution >= 4 is 16.9 Å². The molecule has 0 bridgehead atoms. The molecule has 2 aromatic carbocycles. The van der Waals surface area contributed by atoms with Crippen molar-refractivity contribution in [3.05, 3.63) is 83.6 Å². The zero-order chi connectivity index (χ0) is 20.3. The van der Waals surface area contributed by atoms with Gasteiger partial charge in [-0.1, -0.05) is 48.6 Å². The number of esters is 1. The zero-order valence-corrected chi connectivity index (χ0v) is 17.1. The van der Waals surface area contributed by atoms with Crippen molar-refractivity contribution in [1.29, 1.82) is 0 Å². The number of nitrogens with one attached hydrogen (secondary N) is 2. The number of rotatable bonds is 5. The first-order valence-corrected chi connectivity index (χ1v) is 11.0. The molecule has 154 valence electrons. The van der Waals surface area contributed by atoms with Crippen molar-refractivity contribution in [3.8, 4) is 0 Å². The van der Waals surface area contributed by atoms with Gasteiger partial charge in [0.1, 0.15) is 0 Å². The van der Waals surface area contributed by atoms with E-state index in [2.05, 4.69) is 46.7 Å². The van der Waals surface area contributed by atoms with Crippen LogP contribution in [0.4, 0.5) is 0 Å². The van der Waals surface area contributed by atoms with Crippen molar-refractivity contribution in [2.24, 2.45) is 11.8 Å². The normalized spacial score (nSPS) is 23.3. The number of H-pyrrole nitrogens is 1. The molecule has 0 saturated heterocycles. The van der Waals surface area contributed by atoms with E-state index in [9.17, 15) is 4.79 Å². The van der Waals surface area contributed by atoms with E-state index in [0.717, 1.165) is 32.2 Å². The minimum atomic E-state index is -0.224. The van der Waals surface area contributed by atoms with E-state index in [1.807, 2.05) is 30.3 Å². The molecule has 2 aliphatic rings. The van der Waals surface area contributed by atoms with Crippen LogP contribution in [0.2, 0.25) is 0 Å². The summed E-state index contributed by atoms with van der Waals surface area (Å²) in [6.07, 6.45) is 8.66. The third-order valence-corrected chi connectivity index (χ3v) is 6.65. The molecule has 0 amide bonds. The Kier molecular flexibility index (Phi) is 5.41. The van der Waals surface area contributed by atoms with Gasteiger partial charge in [-0.2, -0.15) is 0 Å². The van der Waals surface area contributed by atoms with E-state index in [0.29, 0.717) is 30.0 Å². The third kappa shape index (κ3) is 3.80. The van der Waals surface area contributed by atoms with Gasteiger partial charge >= 0.3 is 5.97 Å². The molecule has 0 unspecified atom stereocenters. The Morgan fingerprint density at radius 2 is 1.73 bits per heavy atom. The van der Waals surface area contributed by atoms with Crippen molar-refractivity contribution in [1.82, 2.24) is 10.3 Å². The number of carbonyl (C=O) groups excluding carboxylic acids is 1. The fourth-order valence-corrected chi connectivity index (χ4v) is 5.03. The second-order valence-corrected chi connectivity index (χ2v) is 8.48. The number of aromatic amines is 1. The van der Waals surface area contributed by atoms with Crippen LogP contribution in [-0.4, -0.2) is 24.1 Å². The number of hydrogen-bond donors (Lipinski definition) is 2. The molecule has 1 aromatic heterocycles. The van der Waals surface area contributed by atoms with Gasteiger partial charge in [0.25, 0.3) is 0 Å². The first-order valence-electron chi connectivity index (χ1n) is 11.0. The minimum Gasteiger partial charge on any atom is -0.462 e. The Hall–Kier alpha value is -2.85. The average Bonchev–Trinajstić information content (AvgIpc) is 3.19. The lowest BCUT2D eigenvalue weighted by molar-refractivity contribution is 0.0375. The Bertz CT molecular complexity index is 1050. The first kappa shape index (κ1) is 19.1. The van der Waals surface area contributed by atoms with Crippen LogP contribution in [0.25, 0.3) is 10.9 Å². The molecule has 2 N–H and O–H groups in total. The molecular weight excluding hydrogens is 372 g/mol. The van der Waals surface area contributed by atoms with Gasteiger partial charge in [-0.3, -0.25) is 0 Å². The van der Waals surface area contributed by atoms with Crippen LogP contribution >= 0.6 is 0 Å². The topological polar surface area (TPSA) is 54.1 Å². The van der Waals surface area contributed by atoms with E-state index in [4.69, 9.17) is 4.74 Å². The van der Waals surface area contributed by atoms with Gasteiger partial charge in [-0.05, 0) is 67.8 Å². The van der Waals surface area contributed by atoms with E-state index in [-0.39, 0.29) is 5.97 Å². The second kappa shape index (κ2) is 8.49. The highest BCUT2D eigenvalue weighted by atomic mass is 16.5. The van der Waals surface area contributed by atoms with E-state index >= 15 is 0 Å². The fourth-order valence-electron chi connectivity index (χ4n) is 5.03. The monoisotopic (exact) mass is 400 g/mol. The Labute approximate surface area is 177 Å². The lowest BCUT2D eigenvalue weighted by atomic mass is 9.78. The molecule has 0 spiro atoms. The summed E-state index contributed by atoms with van der Waals surface area (Å²) >= 11 is 0. The summed E-state index contributed by atoms with van der Waals surface area (Å²) in [7, 11) is 0. The molecule has 0 radical (unpaired) electrons. The van der Waals surface area contributed by atoms with Crippen LogP contribution in [0.1, 0.15) is 46.9 Å². The van der Waals surface area contributed by atoms with Crippen LogP contribution in [0.3, 0.4) is 0 Å². The van der Waals surface area contributed by atoms with Crippen LogP contribution in [0.5, 0.6) is 0 Å². The fraction of sp³-hybridized carbons (Fsp3) is 0.346. The number of para-hydroxylation sites is 1.